The minimum Gasteiger partial charge on any atom is -0.393 e. The molecule has 4 unspecified atom stereocenters. The Morgan fingerprint density at radius 1 is 0.586 bits per heavy atom. The highest BCUT2D eigenvalue weighted by molar-refractivity contribution is 7.47. The van der Waals surface area contributed by atoms with Crippen molar-refractivity contribution in [3.05, 3.63) is 24.3 Å². The van der Waals surface area contributed by atoms with E-state index in [1.807, 2.05) is 6.08 Å². The molecule has 0 fully saturated rings. The molecule has 0 bridgehead atoms. The summed E-state index contributed by atoms with van der Waals surface area (Å²) in [6, 6.07) is -0.996. The number of aliphatic hydroxyl groups excluding tert-OH is 2. The molecule has 0 saturated carbocycles. The first-order chi connectivity index (χ1) is 28.3. The van der Waals surface area contributed by atoms with Crippen LogP contribution in [0.4, 0.5) is 0 Å². The highest BCUT2D eigenvalue weighted by Crippen LogP contribution is 2.43. The number of phosphoric ester groups is 1. The SMILES string of the molecule is CCCCCCCCCCCCCCCC/C=C/CC/C=C/C(O)C(COP(=O)(O)OCCN)NC(=O)CC(O)CCCCCCCCCCCCCCCCCC. The van der Waals surface area contributed by atoms with Crippen molar-refractivity contribution in [2.24, 2.45) is 5.73 Å². The lowest BCUT2D eigenvalue weighted by atomic mass is 10.0. The zero-order valence-corrected chi connectivity index (χ0v) is 38.8. The van der Waals surface area contributed by atoms with Gasteiger partial charge in [0.15, 0.2) is 0 Å². The summed E-state index contributed by atoms with van der Waals surface area (Å²) in [5, 5.41) is 24.1. The van der Waals surface area contributed by atoms with Gasteiger partial charge < -0.3 is 26.2 Å². The first-order valence-electron chi connectivity index (χ1n) is 24.5. The quantitative estimate of drug-likeness (QED) is 0.0231. The van der Waals surface area contributed by atoms with Crippen molar-refractivity contribution >= 4 is 13.7 Å². The molecule has 0 heterocycles. The van der Waals surface area contributed by atoms with E-state index in [0.717, 1.165) is 32.1 Å². The number of unbranched alkanes of at least 4 members (excludes halogenated alkanes) is 30. The van der Waals surface area contributed by atoms with Gasteiger partial charge in [-0.05, 0) is 32.1 Å². The van der Waals surface area contributed by atoms with Gasteiger partial charge in [-0.2, -0.15) is 0 Å². The normalized spacial score (nSPS) is 14.7. The third-order valence-corrected chi connectivity index (χ3v) is 12.1. The van der Waals surface area contributed by atoms with E-state index in [1.165, 1.54) is 173 Å². The van der Waals surface area contributed by atoms with E-state index in [9.17, 15) is 24.5 Å². The fourth-order valence-electron chi connectivity index (χ4n) is 7.37. The largest absolute Gasteiger partial charge is 0.472 e. The summed E-state index contributed by atoms with van der Waals surface area (Å²) in [5.74, 6) is -0.452. The number of carbonyl (C=O) groups excluding carboxylic acids is 1. The molecule has 0 spiro atoms. The number of nitrogens with two attached hydrogens (primary N) is 1. The fraction of sp³-hybridized carbons (Fsp3) is 0.896. The van der Waals surface area contributed by atoms with E-state index in [-0.39, 0.29) is 19.6 Å². The van der Waals surface area contributed by atoms with Crippen LogP contribution in [0.2, 0.25) is 0 Å². The average Bonchev–Trinajstić information content (AvgIpc) is 3.20. The molecule has 58 heavy (non-hydrogen) atoms. The van der Waals surface area contributed by atoms with Crippen molar-refractivity contribution in [1.29, 1.82) is 0 Å². The van der Waals surface area contributed by atoms with Gasteiger partial charge >= 0.3 is 7.82 Å². The van der Waals surface area contributed by atoms with Crippen LogP contribution in [-0.2, 0) is 18.4 Å². The molecule has 0 aromatic carbocycles. The van der Waals surface area contributed by atoms with Crippen LogP contribution in [-0.4, -0.2) is 59.0 Å². The maximum absolute atomic E-state index is 12.8. The summed E-state index contributed by atoms with van der Waals surface area (Å²) in [6.07, 6.45) is 48.4. The van der Waals surface area contributed by atoms with E-state index >= 15 is 0 Å². The zero-order chi connectivity index (χ0) is 42.6. The van der Waals surface area contributed by atoms with Gasteiger partial charge in [0.1, 0.15) is 0 Å². The Bertz CT molecular complexity index is 982. The van der Waals surface area contributed by atoms with Crippen LogP contribution in [0.5, 0.6) is 0 Å². The average molecular weight is 843 g/mol. The van der Waals surface area contributed by atoms with E-state index in [0.29, 0.717) is 12.8 Å². The Morgan fingerprint density at radius 2 is 0.983 bits per heavy atom. The number of phosphoric acid groups is 1. The lowest BCUT2D eigenvalue weighted by Crippen LogP contribution is -2.46. The van der Waals surface area contributed by atoms with Gasteiger partial charge in [-0.1, -0.05) is 224 Å². The molecule has 0 rings (SSSR count). The monoisotopic (exact) mass is 843 g/mol. The third kappa shape index (κ3) is 41.7. The second kappa shape index (κ2) is 44.0. The second-order valence-electron chi connectivity index (χ2n) is 16.9. The molecule has 0 aromatic rings. The van der Waals surface area contributed by atoms with Crippen molar-refractivity contribution in [1.82, 2.24) is 5.32 Å². The summed E-state index contributed by atoms with van der Waals surface area (Å²) in [4.78, 5) is 22.8. The second-order valence-corrected chi connectivity index (χ2v) is 18.3. The van der Waals surface area contributed by atoms with Gasteiger partial charge in [0.2, 0.25) is 5.91 Å². The predicted molar refractivity (Wildman–Crippen MR) is 246 cm³/mol. The number of hydrogen-bond acceptors (Lipinski definition) is 7. The number of nitrogens with one attached hydrogen (secondary N) is 1. The number of allylic oxidation sites excluding steroid dienone is 3. The molecule has 1 amide bonds. The molecule has 10 heteroatoms. The van der Waals surface area contributed by atoms with Crippen molar-refractivity contribution in [3.63, 3.8) is 0 Å². The van der Waals surface area contributed by atoms with Gasteiger partial charge in [-0.25, -0.2) is 4.57 Å². The van der Waals surface area contributed by atoms with E-state index in [1.54, 1.807) is 6.08 Å². The van der Waals surface area contributed by atoms with Crippen LogP contribution in [0.15, 0.2) is 24.3 Å². The lowest BCUT2D eigenvalue weighted by molar-refractivity contribution is -0.124. The molecular weight excluding hydrogens is 748 g/mol. The molecule has 0 aliphatic rings. The number of rotatable bonds is 46. The van der Waals surface area contributed by atoms with Gasteiger partial charge in [0, 0.05) is 6.54 Å². The Morgan fingerprint density at radius 3 is 1.43 bits per heavy atom. The van der Waals surface area contributed by atoms with Crippen LogP contribution < -0.4 is 11.1 Å². The van der Waals surface area contributed by atoms with E-state index < -0.39 is 38.6 Å². The van der Waals surface area contributed by atoms with E-state index in [4.69, 9.17) is 14.8 Å². The number of aliphatic hydroxyl groups is 2. The molecule has 6 N–H and O–H groups in total. The summed E-state index contributed by atoms with van der Waals surface area (Å²) < 4.78 is 22.1. The van der Waals surface area contributed by atoms with Crippen LogP contribution in [0, 0.1) is 0 Å². The molecule has 4 atom stereocenters. The molecule has 344 valence electrons. The van der Waals surface area contributed by atoms with Crippen molar-refractivity contribution in [2.75, 3.05) is 19.8 Å². The maximum atomic E-state index is 12.8. The Kier molecular flexibility index (Phi) is 43.2. The smallest absolute Gasteiger partial charge is 0.393 e. The van der Waals surface area contributed by atoms with Crippen molar-refractivity contribution in [3.8, 4) is 0 Å². The molecule has 0 saturated heterocycles. The Hall–Kier alpha value is -1.06. The molecule has 0 aliphatic carbocycles. The summed E-state index contributed by atoms with van der Waals surface area (Å²) in [7, 11) is -4.41. The predicted octanol–water partition coefficient (Wildman–Crippen LogP) is 13.1. The minimum absolute atomic E-state index is 0.0462. The summed E-state index contributed by atoms with van der Waals surface area (Å²) in [5.41, 5.74) is 5.37. The summed E-state index contributed by atoms with van der Waals surface area (Å²) in [6.45, 7) is 3.98. The topological polar surface area (TPSA) is 151 Å². The van der Waals surface area contributed by atoms with Gasteiger partial charge in [-0.15, -0.1) is 0 Å². The highest BCUT2D eigenvalue weighted by Gasteiger charge is 2.27. The lowest BCUT2D eigenvalue weighted by Gasteiger charge is -2.24. The van der Waals surface area contributed by atoms with Gasteiger partial charge in [-0.3, -0.25) is 13.8 Å². The highest BCUT2D eigenvalue weighted by atomic mass is 31.2. The van der Waals surface area contributed by atoms with Gasteiger partial charge in [0.05, 0.1) is 37.9 Å². The van der Waals surface area contributed by atoms with Crippen LogP contribution in [0.1, 0.15) is 239 Å². The molecule has 0 aromatic heterocycles. The number of hydrogen-bond donors (Lipinski definition) is 5. The zero-order valence-electron chi connectivity index (χ0n) is 37.9. The van der Waals surface area contributed by atoms with Crippen molar-refractivity contribution in [2.45, 2.75) is 257 Å². The fourth-order valence-corrected chi connectivity index (χ4v) is 8.13. The minimum atomic E-state index is -4.41. The summed E-state index contributed by atoms with van der Waals surface area (Å²) >= 11 is 0. The van der Waals surface area contributed by atoms with Crippen molar-refractivity contribution < 1.29 is 33.5 Å². The number of amides is 1. The van der Waals surface area contributed by atoms with Crippen LogP contribution in [0.25, 0.3) is 0 Å². The van der Waals surface area contributed by atoms with E-state index in [2.05, 4.69) is 31.3 Å². The molecule has 0 aliphatic heterocycles. The Labute approximate surface area is 358 Å². The molecule has 9 nitrogen and oxygen atoms in total. The standard InChI is InChI=1S/C48H95N2O7P/c1-3-5-7-9-11-13-15-17-19-21-22-23-24-26-28-30-32-34-36-38-40-47(52)46(44-57-58(54,55)56-42-41-49)50-48(53)43-45(51)39-37-35-33-31-29-27-25-20-18-16-14-12-10-8-6-4-2/h30,32,38,40,45-47,51-52H,3-29,31,33-37,39,41-44,49H2,1-2H3,(H,50,53)(H,54,55)/b32-30+,40-38+. The molecule has 0 radical (unpaired) electrons. The first-order valence-corrected chi connectivity index (χ1v) is 26.0. The van der Waals surface area contributed by atoms with Gasteiger partial charge in [0.25, 0.3) is 0 Å². The Balaban J connectivity index is 4.27. The third-order valence-electron chi connectivity index (χ3n) is 11.1. The maximum Gasteiger partial charge on any atom is 0.472 e. The molecular formula is C48H95N2O7P. The van der Waals surface area contributed by atoms with Crippen LogP contribution in [0.3, 0.4) is 0 Å². The van der Waals surface area contributed by atoms with Crippen LogP contribution >= 0.6 is 7.82 Å². The number of carbonyl (C=O) groups is 1. The first kappa shape index (κ1) is 56.9.